The van der Waals surface area contributed by atoms with Crippen molar-refractivity contribution in [1.29, 1.82) is 0 Å². The average molecular weight is 398 g/mol. The molecule has 1 aromatic carbocycles. The zero-order valence-corrected chi connectivity index (χ0v) is 16.4. The number of H-pyrrole nitrogens is 1. The fourth-order valence-corrected chi connectivity index (χ4v) is 5.11. The van der Waals surface area contributed by atoms with Crippen LogP contribution < -0.4 is 0 Å². The monoisotopic (exact) mass is 397 g/mol. The number of nitrogens with one attached hydrogen (secondary N) is 1. The summed E-state index contributed by atoms with van der Waals surface area (Å²) in [6.07, 6.45) is 7.25. The summed E-state index contributed by atoms with van der Waals surface area (Å²) in [7, 11) is -3.41. The molecule has 3 heterocycles. The Kier molecular flexibility index (Phi) is 5.28. The van der Waals surface area contributed by atoms with Crippen LogP contribution in [-0.2, 0) is 16.4 Å². The summed E-state index contributed by atoms with van der Waals surface area (Å²) in [5, 5.41) is 0.964. The molecule has 1 aliphatic rings. The van der Waals surface area contributed by atoms with Gasteiger partial charge >= 0.3 is 0 Å². The van der Waals surface area contributed by atoms with Crippen LogP contribution in [0.2, 0.25) is 0 Å². The topological polar surface area (TPSA) is 83.1 Å². The Morgan fingerprint density at radius 1 is 1.07 bits per heavy atom. The SMILES string of the molecule is O=C(CCc1ccc(S(=O)(=O)N2CCCCC2)cc1)c1cc2ccncc2[nH]1. The molecule has 0 atom stereocenters. The summed E-state index contributed by atoms with van der Waals surface area (Å²) in [5.41, 5.74) is 2.37. The van der Waals surface area contributed by atoms with Gasteiger partial charge in [-0.1, -0.05) is 18.6 Å². The van der Waals surface area contributed by atoms with Gasteiger partial charge in [-0.15, -0.1) is 0 Å². The molecule has 6 nitrogen and oxygen atoms in total. The van der Waals surface area contributed by atoms with Crippen LogP contribution in [0.15, 0.2) is 53.7 Å². The van der Waals surface area contributed by atoms with Gasteiger partial charge in [-0.3, -0.25) is 9.78 Å². The molecule has 0 saturated carbocycles. The van der Waals surface area contributed by atoms with Crippen LogP contribution in [0.5, 0.6) is 0 Å². The third-order valence-corrected chi connectivity index (χ3v) is 7.15. The number of nitrogens with zero attached hydrogens (tertiary/aromatic N) is 2. The van der Waals surface area contributed by atoms with E-state index in [0.717, 1.165) is 35.7 Å². The van der Waals surface area contributed by atoms with Crippen molar-refractivity contribution in [3.05, 3.63) is 60.0 Å². The molecule has 0 radical (unpaired) electrons. The highest BCUT2D eigenvalue weighted by atomic mass is 32.2. The lowest BCUT2D eigenvalue weighted by Crippen LogP contribution is -2.35. The van der Waals surface area contributed by atoms with Crippen LogP contribution in [0.1, 0.15) is 41.7 Å². The van der Waals surface area contributed by atoms with Gasteiger partial charge in [0.1, 0.15) is 0 Å². The molecule has 0 aliphatic carbocycles. The second-order valence-corrected chi connectivity index (χ2v) is 9.12. The summed E-state index contributed by atoms with van der Waals surface area (Å²) in [5.74, 6) is 0.0289. The van der Waals surface area contributed by atoms with E-state index < -0.39 is 10.0 Å². The van der Waals surface area contributed by atoms with E-state index in [1.807, 2.05) is 12.1 Å². The quantitative estimate of drug-likeness (QED) is 0.645. The van der Waals surface area contributed by atoms with E-state index in [2.05, 4.69) is 9.97 Å². The Balaban J connectivity index is 1.41. The number of rotatable bonds is 6. The Labute approximate surface area is 164 Å². The first-order valence-electron chi connectivity index (χ1n) is 9.59. The summed E-state index contributed by atoms with van der Waals surface area (Å²) >= 11 is 0. The highest BCUT2D eigenvalue weighted by Gasteiger charge is 2.25. The molecular formula is C21H23N3O3S. The first kappa shape index (κ1) is 18.8. The van der Waals surface area contributed by atoms with E-state index >= 15 is 0 Å². The minimum atomic E-state index is -3.41. The summed E-state index contributed by atoms with van der Waals surface area (Å²) < 4.78 is 27.0. The molecule has 1 saturated heterocycles. The van der Waals surface area contributed by atoms with E-state index in [4.69, 9.17) is 0 Å². The van der Waals surface area contributed by atoms with Crippen molar-refractivity contribution < 1.29 is 13.2 Å². The summed E-state index contributed by atoms with van der Waals surface area (Å²) in [6, 6.07) is 10.6. The molecule has 146 valence electrons. The molecule has 0 amide bonds. The normalized spacial score (nSPS) is 15.7. The molecule has 3 aromatic rings. The minimum absolute atomic E-state index is 0.0289. The maximum absolute atomic E-state index is 12.7. The maximum atomic E-state index is 12.7. The lowest BCUT2D eigenvalue weighted by molar-refractivity contribution is 0.0979. The molecule has 0 unspecified atom stereocenters. The van der Waals surface area contributed by atoms with Crippen LogP contribution >= 0.6 is 0 Å². The van der Waals surface area contributed by atoms with Gasteiger partial charge in [-0.25, -0.2) is 8.42 Å². The molecule has 28 heavy (non-hydrogen) atoms. The van der Waals surface area contributed by atoms with Crippen molar-refractivity contribution in [3.63, 3.8) is 0 Å². The van der Waals surface area contributed by atoms with Crippen molar-refractivity contribution >= 4 is 26.7 Å². The Hall–Kier alpha value is -2.51. The molecule has 1 aliphatic heterocycles. The zero-order valence-electron chi connectivity index (χ0n) is 15.6. The second-order valence-electron chi connectivity index (χ2n) is 7.18. The van der Waals surface area contributed by atoms with Gasteiger partial charge in [0.15, 0.2) is 5.78 Å². The number of pyridine rings is 1. The van der Waals surface area contributed by atoms with Crippen LogP contribution in [0.3, 0.4) is 0 Å². The van der Waals surface area contributed by atoms with Crippen molar-refractivity contribution in [2.75, 3.05) is 13.1 Å². The van der Waals surface area contributed by atoms with Crippen molar-refractivity contribution in [1.82, 2.24) is 14.3 Å². The standard InChI is InChI=1S/C21H23N3O3S/c25-21(19-14-17-10-11-22-15-20(17)23-19)9-6-16-4-7-18(8-5-16)28(26,27)24-12-2-1-3-13-24/h4-5,7-8,10-11,14-15,23H,1-3,6,9,12-13H2. The minimum Gasteiger partial charge on any atom is -0.351 e. The van der Waals surface area contributed by atoms with Crippen molar-refractivity contribution in [3.8, 4) is 0 Å². The third-order valence-electron chi connectivity index (χ3n) is 5.24. The number of aryl methyl sites for hydroxylation is 1. The number of carbonyl (C=O) groups excluding carboxylic acids is 1. The number of hydrogen-bond donors (Lipinski definition) is 1. The molecule has 4 rings (SSSR count). The molecule has 0 spiro atoms. The van der Waals surface area contributed by atoms with Gasteiger partial charge in [0.25, 0.3) is 0 Å². The molecular weight excluding hydrogens is 374 g/mol. The van der Waals surface area contributed by atoms with E-state index in [0.29, 0.717) is 36.5 Å². The Morgan fingerprint density at radius 3 is 2.54 bits per heavy atom. The van der Waals surface area contributed by atoms with Crippen molar-refractivity contribution in [2.24, 2.45) is 0 Å². The van der Waals surface area contributed by atoms with Crippen LogP contribution in [-0.4, -0.2) is 41.6 Å². The van der Waals surface area contributed by atoms with Gasteiger partial charge < -0.3 is 4.98 Å². The number of Topliss-reactive ketones (excluding diaryl/α,β-unsaturated/α-hetero) is 1. The number of ketones is 1. The van der Waals surface area contributed by atoms with E-state index in [9.17, 15) is 13.2 Å². The number of carbonyl (C=O) groups is 1. The summed E-state index contributed by atoms with van der Waals surface area (Å²) in [6.45, 7) is 1.19. The smallest absolute Gasteiger partial charge is 0.243 e. The van der Waals surface area contributed by atoms with Gasteiger partial charge in [0.05, 0.1) is 22.3 Å². The number of aromatic amines is 1. The fourth-order valence-electron chi connectivity index (χ4n) is 3.60. The zero-order chi connectivity index (χ0) is 19.6. The van der Waals surface area contributed by atoms with E-state index in [1.54, 1.807) is 41.0 Å². The van der Waals surface area contributed by atoms with E-state index in [1.165, 1.54) is 0 Å². The Morgan fingerprint density at radius 2 is 1.82 bits per heavy atom. The van der Waals surface area contributed by atoms with Crippen LogP contribution in [0.4, 0.5) is 0 Å². The highest BCUT2D eigenvalue weighted by Crippen LogP contribution is 2.21. The maximum Gasteiger partial charge on any atom is 0.243 e. The average Bonchev–Trinajstić information content (AvgIpc) is 3.17. The van der Waals surface area contributed by atoms with Crippen LogP contribution in [0.25, 0.3) is 10.9 Å². The number of benzene rings is 1. The highest BCUT2D eigenvalue weighted by molar-refractivity contribution is 7.89. The molecule has 0 bridgehead atoms. The van der Waals surface area contributed by atoms with Gasteiger partial charge in [-0.2, -0.15) is 4.31 Å². The predicted molar refractivity (Wildman–Crippen MR) is 108 cm³/mol. The number of hydrogen-bond acceptors (Lipinski definition) is 4. The van der Waals surface area contributed by atoms with Gasteiger partial charge in [0.2, 0.25) is 10.0 Å². The fraction of sp³-hybridized carbons (Fsp3) is 0.333. The van der Waals surface area contributed by atoms with E-state index in [-0.39, 0.29) is 5.78 Å². The van der Waals surface area contributed by atoms with Crippen molar-refractivity contribution in [2.45, 2.75) is 37.0 Å². The number of aromatic nitrogens is 2. The molecule has 1 N–H and O–H groups in total. The molecule has 2 aromatic heterocycles. The summed E-state index contributed by atoms with van der Waals surface area (Å²) in [4.78, 5) is 19.9. The number of piperidine rings is 1. The number of sulfonamides is 1. The second kappa shape index (κ2) is 7.85. The largest absolute Gasteiger partial charge is 0.351 e. The number of fused-ring (bicyclic) bond motifs is 1. The van der Waals surface area contributed by atoms with Crippen LogP contribution in [0, 0.1) is 0 Å². The molecule has 7 heteroatoms. The first-order chi connectivity index (χ1) is 13.5. The first-order valence-corrected chi connectivity index (χ1v) is 11.0. The Bertz CT molecular complexity index is 1050. The lowest BCUT2D eigenvalue weighted by Gasteiger charge is -2.25. The van der Waals surface area contributed by atoms with Gasteiger partial charge in [0, 0.05) is 31.1 Å². The lowest BCUT2D eigenvalue weighted by atomic mass is 10.1. The third kappa shape index (κ3) is 3.86. The predicted octanol–water partition coefficient (Wildman–Crippen LogP) is 3.55. The molecule has 1 fully saturated rings. The van der Waals surface area contributed by atoms with Gasteiger partial charge in [-0.05, 0) is 49.1 Å².